The van der Waals surface area contributed by atoms with Crippen LogP contribution in [0.3, 0.4) is 0 Å². The van der Waals surface area contributed by atoms with Gasteiger partial charge in [0.05, 0.1) is 11.7 Å². The van der Waals surface area contributed by atoms with Gasteiger partial charge in [0.2, 0.25) is 0 Å². The molecular formula is C16H19BO4. The molecule has 2 fully saturated rings. The van der Waals surface area contributed by atoms with E-state index in [2.05, 4.69) is 0 Å². The summed E-state index contributed by atoms with van der Waals surface area (Å²) in [6, 6.07) is 9.07. The molecule has 0 aromatic heterocycles. The number of hydrogen-bond acceptors (Lipinski definition) is 4. The van der Waals surface area contributed by atoms with Gasteiger partial charge >= 0.3 is 5.97 Å². The van der Waals surface area contributed by atoms with Crippen LogP contribution in [-0.4, -0.2) is 38.1 Å². The quantitative estimate of drug-likeness (QED) is 0.625. The molecule has 0 aliphatic carbocycles. The van der Waals surface area contributed by atoms with Gasteiger partial charge < -0.3 is 14.2 Å². The highest BCUT2D eigenvalue weighted by Crippen LogP contribution is 2.46. The van der Waals surface area contributed by atoms with Crippen molar-refractivity contribution < 1.29 is 19.0 Å². The Hall–Kier alpha value is -1.33. The molecule has 110 valence electrons. The van der Waals surface area contributed by atoms with E-state index in [1.54, 1.807) is 0 Å². The molecule has 21 heavy (non-hydrogen) atoms. The summed E-state index contributed by atoms with van der Waals surface area (Å²) < 4.78 is 17.0. The number of hydrogen-bond donors (Lipinski definition) is 0. The number of esters is 1. The van der Waals surface area contributed by atoms with Crippen LogP contribution in [0, 0.1) is 5.92 Å². The molecule has 2 aliphatic heterocycles. The first-order valence-electron chi connectivity index (χ1n) is 7.42. The van der Waals surface area contributed by atoms with Crippen LogP contribution in [-0.2, 0) is 25.6 Å². The van der Waals surface area contributed by atoms with Gasteiger partial charge in [-0.2, -0.15) is 0 Å². The van der Waals surface area contributed by atoms with Crippen molar-refractivity contribution in [3.05, 3.63) is 35.9 Å². The second-order valence-electron chi connectivity index (χ2n) is 5.66. The Morgan fingerprint density at radius 2 is 2.19 bits per heavy atom. The van der Waals surface area contributed by atoms with Crippen LogP contribution in [0.5, 0.6) is 0 Å². The summed E-state index contributed by atoms with van der Waals surface area (Å²) in [5.41, 5.74) is 0.432. The third kappa shape index (κ3) is 2.60. The Morgan fingerprint density at radius 3 is 2.90 bits per heavy atom. The summed E-state index contributed by atoms with van der Waals surface area (Å²) in [5.74, 6) is -0.715. The molecule has 0 spiro atoms. The summed E-state index contributed by atoms with van der Waals surface area (Å²) in [6.45, 7) is 2.85. The second-order valence-corrected chi connectivity index (χ2v) is 5.66. The molecule has 5 heteroatoms. The molecule has 0 amide bonds. The van der Waals surface area contributed by atoms with Gasteiger partial charge in [-0.1, -0.05) is 37.3 Å². The largest absolute Gasteiger partial charge is 0.460 e. The number of carbonyl (C=O) groups excluding carboxylic acids is 1. The van der Waals surface area contributed by atoms with Crippen molar-refractivity contribution in [3.63, 3.8) is 0 Å². The molecule has 4 nitrogen and oxygen atoms in total. The van der Waals surface area contributed by atoms with E-state index in [1.807, 2.05) is 37.3 Å². The Labute approximate surface area is 126 Å². The standard InChI is InChI=1S/C16H19BO4/c1-2-16-8-9-19-13(14(17)21-16)12(16)15(18)20-10-11-6-4-3-5-7-11/h3-7,12-14H,2,8-10H2,1H3/t12?,13?,14-,16+/m1/s1. The van der Waals surface area contributed by atoms with Crippen LogP contribution in [0.2, 0.25) is 0 Å². The van der Waals surface area contributed by atoms with Crippen molar-refractivity contribution in [2.45, 2.75) is 44.1 Å². The van der Waals surface area contributed by atoms with Crippen molar-refractivity contribution in [1.82, 2.24) is 0 Å². The number of ether oxygens (including phenoxy) is 3. The van der Waals surface area contributed by atoms with E-state index in [0.717, 1.165) is 12.0 Å². The second kappa shape index (κ2) is 5.81. The lowest BCUT2D eigenvalue weighted by Gasteiger charge is -2.37. The van der Waals surface area contributed by atoms with Gasteiger partial charge in [-0.3, -0.25) is 4.79 Å². The molecule has 0 N–H and O–H groups in total. The lowest BCUT2D eigenvalue weighted by molar-refractivity contribution is -0.167. The molecule has 4 atom stereocenters. The molecule has 2 saturated heterocycles. The minimum Gasteiger partial charge on any atom is -0.460 e. The summed E-state index contributed by atoms with van der Waals surface area (Å²) in [6.07, 6.45) is 1.01. The zero-order valence-electron chi connectivity index (χ0n) is 12.2. The van der Waals surface area contributed by atoms with Gasteiger partial charge in [-0.05, 0) is 12.0 Å². The maximum atomic E-state index is 12.5. The maximum absolute atomic E-state index is 12.5. The Balaban J connectivity index is 1.71. The van der Waals surface area contributed by atoms with Gasteiger partial charge in [-0.15, -0.1) is 0 Å². The highest BCUT2D eigenvalue weighted by molar-refractivity contribution is 6.12. The zero-order valence-corrected chi connectivity index (χ0v) is 12.2. The first kappa shape index (κ1) is 14.6. The van der Waals surface area contributed by atoms with Gasteiger partial charge in [0.1, 0.15) is 20.4 Å². The molecule has 2 unspecified atom stereocenters. The molecule has 2 heterocycles. The average molecular weight is 286 g/mol. The molecule has 3 rings (SSSR count). The molecule has 1 aromatic carbocycles. The summed E-state index contributed by atoms with van der Waals surface area (Å²) in [4.78, 5) is 12.5. The van der Waals surface area contributed by atoms with Crippen LogP contribution in [0.25, 0.3) is 0 Å². The maximum Gasteiger partial charge on any atom is 0.314 e. The summed E-state index contributed by atoms with van der Waals surface area (Å²) in [5, 5.41) is 0. The smallest absolute Gasteiger partial charge is 0.314 e. The fourth-order valence-electron chi connectivity index (χ4n) is 3.32. The average Bonchev–Trinajstić information content (AvgIpc) is 2.69. The normalized spacial score (nSPS) is 34.6. The van der Waals surface area contributed by atoms with Crippen LogP contribution in [0.4, 0.5) is 0 Å². The number of rotatable bonds is 4. The number of benzene rings is 1. The first-order valence-corrected chi connectivity index (χ1v) is 7.42. The number of fused-ring (bicyclic) bond motifs is 2. The van der Waals surface area contributed by atoms with Crippen molar-refractivity contribution in [1.29, 1.82) is 0 Å². The van der Waals surface area contributed by atoms with Crippen molar-refractivity contribution in [3.8, 4) is 0 Å². The van der Waals surface area contributed by atoms with E-state index in [1.165, 1.54) is 0 Å². The topological polar surface area (TPSA) is 44.8 Å². The molecule has 2 radical (unpaired) electrons. The Kier molecular flexibility index (Phi) is 4.04. The van der Waals surface area contributed by atoms with E-state index in [-0.39, 0.29) is 12.6 Å². The third-order valence-electron chi connectivity index (χ3n) is 4.50. The minimum absolute atomic E-state index is 0.262. The predicted molar refractivity (Wildman–Crippen MR) is 77.7 cm³/mol. The van der Waals surface area contributed by atoms with E-state index >= 15 is 0 Å². The van der Waals surface area contributed by atoms with Crippen molar-refractivity contribution >= 4 is 13.8 Å². The molecule has 2 bridgehead atoms. The van der Waals surface area contributed by atoms with Gasteiger partial charge in [0, 0.05) is 19.0 Å². The molecule has 0 saturated carbocycles. The van der Waals surface area contributed by atoms with E-state index in [9.17, 15) is 4.79 Å². The Morgan fingerprint density at radius 1 is 1.43 bits per heavy atom. The highest BCUT2D eigenvalue weighted by atomic mass is 16.6. The minimum atomic E-state index is -0.554. The fourth-order valence-corrected chi connectivity index (χ4v) is 3.32. The van der Waals surface area contributed by atoms with E-state index in [0.29, 0.717) is 13.0 Å². The van der Waals surface area contributed by atoms with Crippen molar-refractivity contribution in [2.24, 2.45) is 5.92 Å². The summed E-state index contributed by atoms with van der Waals surface area (Å²) in [7, 11) is 5.96. The van der Waals surface area contributed by atoms with Crippen LogP contribution in [0.15, 0.2) is 30.3 Å². The fraction of sp³-hybridized carbons (Fsp3) is 0.562. The lowest BCUT2D eigenvalue weighted by Crippen LogP contribution is -2.49. The summed E-state index contributed by atoms with van der Waals surface area (Å²) >= 11 is 0. The number of carbonyl (C=O) groups is 1. The van der Waals surface area contributed by atoms with Crippen LogP contribution in [0.1, 0.15) is 25.3 Å². The molecular weight excluding hydrogens is 267 g/mol. The molecule has 2 aliphatic rings. The predicted octanol–water partition coefficient (Wildman–Crippen LogP) is 1.81. The third-order valence-corrected chi connectivity index (χ3v) is 4.50. The van der Waals surface area contributed by atoms with Crippen LogP contribution >= 0.6 is 0 Å². The zero-order chi connectivity index (χ0) is 14.9. The monoisotopic (exact) mass is 286 g/mol. The van der Waals surface area contributed by atoms with Gasteiger partial charge in [0.15, 0.2) is 0 Å². The first-order chi connectivity index (χ1) is 10.2. The highest BCUT2D eigenvalue weighted by Gasteiger charge is 2.59. The van der Waals surface area contributed by atoms with Gasteiger partial charge in [0.25, 0.3) is 0 Å². The lowest BCUT2D eigenvalue weighted by atomic mass is 9.77. The van der Waals surface area contributed by atoms with Crippen LogP contribution < -0.4 is 0 Å². The van der Waals surface area contributed by atoms with E-state index < -0.39 is 23.6 Å². The van der Waals surface area contributed by atoms with Gasteiger partial charge in [-0.25, -0.2) is 0 Å². The SMILES string of the molecule is [B][C@@H]1O[C@@]2(CC)CCOC1C2C(=O)OCc1ccccc1. The Bertz CT molecular complexity index is 506. The van der Waals surface area contributed by atoms with E-state index in [4.69, 9.17) is 22.1 Å². The van der Waals surface area contributed by atoms with Crippen molar-refractivity contribution in [2.75, 3.05) is 6.61 Å². The molecule has 1 aromatic rings.